The Bertz CT molecular complexity index is 1200. The van der Waals surface area contributed by atoms with Crippen molar-refractivity contribution in [3.63, 3.8) is 0 Å². The predicted molar refractivity (Wildman–Crippen MR) is 130 cm³/mol. The highest BCUT2D eigenvalue weighted by atomic mass is 16.1. The number of carbonyl (C=O) groups is 1. The maximum Gasteiger partial charge on any atom is 0.262 e. The van der Waals surface area contributed by atoms with E-state index in [0.717, 1.165) is 37.8 Å². The summed E-state index contributed by atoms with van der Waals surface area (Å²) in [4.78, 5) is 26.3. The number of carbonyl (C=O) groups excluding carboxylic acids is 1. The van der Waals surface area contributed by atoms with E-state index in [2.05, 4.69) is 30.6 Å². The summed E-state index contributed by atoms with van der Waals surface area (Å²) in [7, 11) is 0. The van der Waals surface area contributed by atoms with Crippen molar-refractivity contribution in [1.82, 2.24) is 34.7 Å². The van der Waals surface area contributed by atoms with Crippen molar-refractivity contribution in [2.24, 2.45) is 0 Å². The fraction of sp³-hybridized carbons (Fsp3) is 0.375. The van der Waals surface area contributed by atoms with E-state index < -0.39 is 0 Å². The van der Waals surface area contributed by atoms with Crippen molar-refractivity contribution in [2.45, 2.75) is 32.2 Å². The van der Waals surface area contributed by atoms with E-state index in [9.17, 15) is 4.79 Å². The number of fused-ring (bicyclic) bond motifs is 1. The van der Waals surface area contributed by atoms with Gasteiger partial charge in [0, 0.05) is 56.9 Å². The number of rotatable bonds is 6. The molecular formula is C24H29N9O. The lowest BCUT2D eigenvalue weighted by molar-refractivity contribution is 0.0854. The Balaban J connectivity index is 1.33. The van der Waals surface area contributed by atoms with Crippen molar-refractivity contribution < 1.29 is 4.79 Å². The van der Waals surface area contributed by atoms with Gasteiger partial charge < -0.3 is 15.5 Å². The van der Waals surface area contributed by atoms with E-state index in [4.69, 9.17) is 5.41 Å². The fourth-order valence-electron chi connectivity index (χ4n) is 4.27. The van der Waals surface area contributed by atoms with Crippen molar-refractivity contribution >= 4 is 23.2 Å². The van der Waals surface area contributed by atoms with E-state index in [1.165, 1.54) is 25.5 Å². The van der Waals surface area contributed by atoms with Crippen LogP contribution < -0.4 is 10.6 Å². The molecule has 3 N–H and O–H groups in total. The van der Waals surface area contributed by atoms with E-state index >= 15 is 0 Å². The Hall–Kier alpha value is -3.79. The summed E-state index contributed by atoms with van der Waals surface area (Å²) >= 11 is 0. The number of aryl methyl sites for hydroxylation is 1. The first-order chi connectivity index (χ1) is 16.6. The maximum atomic E-state index is 13.1. The summed E-state index contributed by atoms with van der Waals surface area (Å²) in [6.45, 7) is 5.49. The SMILES string of the molecule is Cc1ccc(N/C(=C\C(=N)N2CCN(C3CCC3)CC2)NC(=O)c2cnn3cccnc23)nc1. The number of aromatic nitrogens is 4. The molecule has 34 heavy (non-hydrogen) atoms. The number of anilines is 1. The number of nitrogens with one attached hydrogen (secondary N) is 3. The van der Waals surface area contributed by atoms with E-state index in [1.807, 2.05) is 24.0 Å². The van der Waals surface area contributed by atoms with Crippen molar-refractivity contribution in [3.05, 3.63) is 66.0 Å². The number of amidine groups is 1. The average molecular weight is 460 g/mol. The molecule has 3 aromatic heterocycles. The molecule has 0 unspecified atom stereocenters. The van der Waals surface area contributed by atoms with Gasteiger partial charge >= 0.3 is 0 Å². The number of hydrogen-bond donors (Lipinski definition) is 3. The molecule has 4 heterocycles. The number of hydrogen-bond acceptors (Lipinski definition) is 7. The van der Waals surface area contributed by atoms with Crippen LogP contribution in [-0.2, 0) is 0 Å². The van der Waals surface area contributed by atoms with Gasteiger partial charge in [0.25, 0.3) is 5.91 Å². The third kappa shape index (κ3) is 4.76. The zero-order valence-corrected chi connectivity index (χ0v) is 19.2. The lowest BCUT2D eigenvalue weighted by Gasteiger charge is -2.43. The molecule has 1 aliphatic carbocycles. The number of pyridine rings is 1. The quantitative estimate of drug-likeness (QED) is 0.383. The zero-order chi connectivity index (χ0) is 23.5. The molecule has 0 atom stereocenters. The summed E-state index contributed by atoms with van der Waals surface area (Å²) < 4.78 is 1.55. The van der Waals surface area contributed by atoms with Gasteiger partial charge in [0.15, 0.2) is 5.65 Å². The molecular weight excluding hydrogens is 430 g/mol. The van der Waals surface area contributed by atoms with Crippen LogP contribution >= 0.6 is 0 Å². The van der Waals surface area contributed by atoms with Crippen molar-refractivity contribution in [3.8, 4) is 0 Å². The van der Waals surface area contributed by atoms with Gasteiger partial charge in [-0.1, -0.05) is 12.5 Å². The Kier molecular flexibility index (Phi) is 6.22. The number of nitrogens with zero attached hydrogens (tertiary/aromatic N) is 6. The van der Waals surface area contributed by atoms with Crippen molar-refractivity contribution in [1.29, 1.82) is 5.41 Å². The zero-order valence-electron chi connectivity index (χ0n) is 19.2. The highest BCUT2D eigenvalue weighted by Gasteiger charge is 2.28. The van der Waals surface area contributed by atoms with E-state index in [-0.39, 0.29) is 5.91 Å². The minimum atomic E-state index is -0.359. The fourth-order valence-corrected chi connectivity index (χ4v) is 4.27. The second-order valence-electron chi connectivity index (χ2n) is 8.80. The average Bonchev–Trinajstić information content (AvgIpc) is 3.24. The van der Waals surface area contributed by atoms with Crippen LogP contribution in [0, 0.1) is 12.3 Å². The molecule has 10 nitrogen and oxygen atoms in total. The molecule has 176 valence electrons. The molecule has 1 amide bonds. The number of piperazine rings is 1. The molecule has 0 bridgehead atoms. The first kappa shape index (κ1) is 22.0. The lowest BCUT2D eigenvalue weighted by atomic mass is 9.91. The molecule has 0 radical (unpaired) electrons. The van der Waals surface area contributed by atoms with Crippen LogP contribution in [0.3, 0.4) is 0 Å². The van der Waals surface area contributed by atoms with Crippen LogP contribution in [0.5, 0.6) is 0 Å². The topological polar surface area (TPSA) is 115 Å². The Morgan fingerprint density at radius 1 is 1.15 bits per heavy atom. The minimum Gasteiger partial charge on any atom is -0.354 e. The summed E-state index contributed by atoms with van der Waals surface area (Å²) in [5, 5.41) is 18.9. The van der Waals surface area contributed by atoms with Gasteiger partial charge in [0.2, 0.25) is 0 Å². The monoisotopic (exact) mass is 459 g/mol. The molecule has 1 saturated carbocycles. The highest BCUT2D eigenvalue weighted by molar-refractivity contribution is 6.01. The van der Waals surface area contributed by atoms with Gasteiger partial charge in [-0.15, -0.1) is 0 Å². The summed E-state index contributed by atoms with van der Waals surface area (Å²) in [6.07, 6.45) is 12.2. The molecule has 0 spiro atoms. The maximum absolute atomic E-state index is 13.1. The van der Waals surface area contributed by atoms with Crippen molar-refractivity contribution in [2.75, 3.05) is 31.5 Å². The second-order valence-corrected chi connectivity index (χ2v) is 8.80. The van der Waals surface area contributed by atoms with E-state index in [0.29, 0.717) is 28.7 Å². The first-order valence-electron chi connectivity index (χ1n) is 11.7. The molecule has 3 aromatic rings. The van der Waals surface area contributed by atoms with Gasteiger partial charge in [-0.2, -0.15) is 5.10 Å². The lowest BCUT2D eigenvalue weighted by Crippen LogP contribution is -2.53. The Morgan fingerprint density at radius 3 is 2.68 bits per heavy atom. The largest absolute Gasteiger partial charge is 0.354 e. The number of amides is 1. The summed E-state index contributed by atoms with van der Waals surface area (Å²) in [5.41, 5.74) is 1.86. The summed E-state index contributed by atoms with van der Waals surface area (Å²) in [5.74, 6) is 0.948. The molecule has 1 aliphatic heterocycles. The van der Waals surface area contributed by atoms with Crippen LogP contribution in [0.15, 0.2) is 54.9 Å². The smallest absolute Gasteiger partial charge is 0.262 e. The van der Waals surface area contributed by atoms with Gasteiger partial charge in [0.05, 0.1) is 6.20 Å². The predicted octanol–water partition coefficient (Wildman–Crippen LogP) is 2.26. The molecule has 2 aliphatic rings. The Morgan fingerprint density at radius 2 is 1.97 bits per heavy atom. The van der Waals surface area contributed by atoms with Crippen LogP contribution in [-0.4, -0.2) is 73.3 Å². The van der Waals surface area contributed by atoms with Crippen LogP contribution in [0.25, 0.3) is 5.65 Å². The van der Waals surface area contributed by atoms with Crippen LogP contribution in [0.1, 0.15) is 35.2 Å². The normalized spacial score (nSPS) is 17.4. The molecule has 10 heteroatoms. The van der Waals surface area contributed by atoms with Gasteiger partial charge in [-0.3, -0.25) is 15.1 Å². The second kappa shape index (κ2) is 9.60. The van der Waals surface area contributed by atoms with Gasteiger partial charge in [0.1, 0.15) is 23.0 Å². The first-order valence-corrected chi connectivity index (χ1v) is 11.7. The molecule has 2 fully saturated rings. The van der Waals surface area contributed by atoms with Gasteiger partial charge in [-0.25, -0.2) is 14.5 Å². The summed E-state index contributed by atoms with van der Waals surface area (Å²) in [6, 6.07) is 6.25. The third-order valence-electron chi connectivity index (χ3n) is 6.47. The molecule has 0 aromatic carbocycles. The standard InChI is InChI=1S/C24H29N9O/c1-17-6-7-21(27-15-17)29-22(30-24(34)19-16-28-33-9-3-8-26-23(19)33)14-20(25)32-12-10-31(11-13-32)18-4-2-5-18/h3,6-9,14-16,18,25H,2,4-5,10-13H2,1H3,(H,27,29)(H,30,34)/b22-14+,25-20?. The molecule has 5 rings (SSSR count). The minimum absolute atomic E-state index is 0.348. The van der Waals surface area contributed by atoms with Crippen LogP contribution in [0.2, 0.25) is 0 Å². The third-order valence-corrected chi connectivity index (χ3v) is 6.47. The molecule has 1 saturated heterocycles. The van der Waals surface area contributed by atoms with Gasteiger partial charge in [-0.05, 0) is 37.5 Å². The Labute approximate surface area is 198 Å². The highest BCUT2D eigenvalue weighted by Crippen LogP contribution is 2.25. The van der Waals surface area contributed by atoms with Crippen LogP contribution in [0.4, 0.5) is 5.82 Å². The van der Waals surface area contributed by atoms with E-state index in [1.54, 1.807) is 35.2 Å².